The van der Waals surface area contributed by atoms with Gasteiger partial charge in [-0.25, -0.2) is 9.97 Å². The fraction of sp³-hybridized carbons (Fsp3) is 0.0769. The van der Waals surface area contributed by atoms with Gasteiger partial charge in [-0.3, -0.25) is 0 Å². The minimum atomic E-state index is 0.507. The molecule has 3 aromatic rings. The van der Waals surface area contributed by atoms with Crippen LogP contribution in [0.1, 0.15) is 0 Å². The predicted molar refractivity (Wildman–Crippen MR) is 73.6 cm³/mol. The van der Waals surface area contributed by atoms with Crippen molar-refractivity contribution in [2.75, 3.05) is 7.11 Å². The maximum atomic E-state index is 6.36. The van der Waals surface area contributed by atoms with Gasteiger partial charge in [0.25, 0.3) is 0 Å². The molecule has 2 heterocycles. The van der Waals surface area contributed by atoms with Crippen molar-refractivity contribution in [3.63, 3.8) is 0 Å². The van der Waals surface area contributed by atoms with E-state index in [0.717, 1.165) is 16.4 Å². The van der Waals surface area contributed by atoms with E-state index in [1.54, 1.807) is 25.3 Å². The number of halogens is 2. The van der Waals surface area contributed by atoms with Gasteiger partial charge >= 0.3 is 0 Å². The highest BCUT2D eigenvalue weighted by Crippen LogP contribution is 2.31. The minimum absolute atomic E-state index is 0.507. The molecule has 0 bridgehead atoms. The second-order valence-corrected chi connectivity index (χ2v) is 4.62. The molecule has 5 heteroatoms. The molecule has 0 aliphatic carbocycles. The number of fused-ring (bicyclic) bond motifs is 2. The van der Waals surface area contributed by atoms with Gasteiger partial charge in [0.15, 0.2) is 0 Å². The molecule has 0 fully saturated rings. The Bertz CT molecular complexity index is 759. The number of benzene rings is 1. The Hall–Kier alpha value is -1.58. The molecule has 0 aliphatic rings. The van der Waals surface area contributed by atoms with E-state index in [1.165, 1.54) is 0 Å². The fourth-order valence-corrected chi connectivity index (χ4v) is 2.30. The molecule has 3 rings (SSSR count). The summed E-state index contributed by atoms with van der Waals surface area (Å²) in [5.41, 5.74) is 2.14. The molecule has 0 radical (unpaired) electrons. The summed E-state index contributed by atoms with van der Waals surface area (Å²) in [7, 11) is 1.56. The highest BCUT2D eigenvalue weighted by Gasteiger charge is 2.10. The largest absolute Gasteiger partial charge is 0.481 e. The van der Waals surface area contributed by atoms with E-state index >= 15 is 0 Å². The summed E-state index contributed by atoms with van der Waals surface area (Å²) in [6.45, 7) is 0. The first kappa shape index (κ1) is 11.5. The van der Waals surface area contributed by atoms with Gasteiger partial charge in [-0.2, -0.15) is 0 Å². The number of pyridine rings is 2. The Labute approximate surface area is 113 Å². The molecule has 1 aromatic carbocycles. The van der Waals surface area contributed by atoms with Crippen molar-refractivity contribution >= 4 is 45.1 Å². The van der Waals surface area contributed by atoms with E-state index in [-0.39, 0.29) is 0 Å². The Morgan fingerprint density at radius 1 is 1.00 bits per heavy atom. The van der Waals surface area contributed by atoms with Crippen LogP contribution in [-0.2, 0) is 0 Å². The maximum Gasteiger partial charge on any atom is 0.213 e. The molecule has 0 spiro atoms. The van der Waals surface area contributed by atoms with Crippen molar-refractivity contribution in [1.82, 2.24) is 9.97 Å². The molecule has 3 nitrogen and oxygen atoms in total. The van der Waals surface area contributed by atoms with Gasteiger partial charge in [0.2, 0.25) is 5.88 Å². The highest BCUT2D eigenvalue weighted by molar-refractivity contribution is 6.40. The molecule has 0 amide bonds. The van der Waals surface area contributed by atoms with Crippen LogP contribution in [0, 0.1) is 0 Å². The molecule has 0 saturated heterocycles. The van der Waals surface area contributed by atoms with Gasteiger partial charge in [0, 0.05) is 16.5 Å². The molecule has 2 aromatic heterocycles. The number of aromatic nitrogens is 2. The summed E-state index contributed by atoms with van der Waals surface area (Å²) < 4.78 is 5.09. The average Bonchev–Trinajstić information content (AvgIpc) is 2.40. The first-order chi connectivity index (χ1) is 8.69. The third-order valence-corrected chi connectivity index (χ3v) is 3.32. The Morgan fingerprint density at radius 2 is 1.78 bits per heavy atom. The van der Waals surface area contributed by atoms with Gasteiger partial charge in [0.1, 0.15) is 5.52 Å². The number of rotatable bonds is 1. The fourth-order valence-electron chi connectivity index (χ4n) is 1.84. The number of ether oxygens (including phenoxy) is 1. The zero-order chi connectivity index (χ0) is 12.7. The van der Waals surface area contributed by atoms with E-state index in [0.29, 0.717) is 21.4 Å². The van der Waals surface area contributed by atoms with Crippen LogP contribution < -0.4 is 4.74 Å². The van der Waals surface area contributed by atoms with Crippen LogP contribution in [-0.4, -0.2) is 17.1 Å². The van der Waals surface area contributed by atoms with Crippen molar-refractivity contribution < 1.29 is 4.74 Å². The Balaban J connectivity index is 2.45. The predicted octanol–water partition coefficient (Wildman–Crippen LogP) is 4.10. The number of hydrogen-bond acceptors (Lipinski definition) is 3. The first-order valence-corrected chi connectivity index (χ1v) is 6.04. The van der Waals surface area contributed by atoms with E-state index in [1.807, 2.05) is 12.1 Å². The van der Waals surface area contributed by atoms with Gasteiger partial charge < -0.3 is 4.74 Å². The molecular formula is C13H8Cl2N2O. The lowest BCUT2D eigenvalue weighted by molar-refractivity contribution is 0.399. The standard InChI is InChI=1S/C13H8Cl2N2O/c1-18-11-5-4-10-13(17-11)12(15)8-6-7(14)2-3-9(8)16-10/h2-6H,1H3. The van der Waals surface area contributed by atoms with Gasteiger partial charge in [0.05, 0.1) is 23.2 Å². The van der Waals surface area contributed by atoms with Crippen LogP contribution >= 0.6 is 23.2 Å². The highest BCUT2D eigenvalue weighted by atomic mass is 35.5. The van der Waals surface area contributed by atoms with Crippen molar-refractivity contribution in [2.45, 2.75) is 0 Å². The summed E-state index contributed by atoms with van der Waals surface area (Å²) in [5, 5.41) is 1.95. The van der Waals surface area contributed by atoms with Crippen molar-refractivity contribution in [3.05, 3.63) is 40.4 Å². The van der Waals surface area contributed by atoms with Gasteiger partial charge in [-0.05, 0) is 24.3 Å². The first-order valence-electron chi connectivity index (χ1n) is 5.28. The normalized spacial score (nSPS) is 11.1. The smallest absolute Gasteiger partial charge is 0.213 e. The topological polar surface area (TPSA) is 35.0 Å². The van der Waals surface area contributed by atoms with Crippen LogP contribution in [0.2, 0.25) is 10.0 Å². The zero-order valence-electron chi connectivity index (χ0n) is 9.45. The summed E-state index contributed by atoms with van der Waals surface area (Å²) >= 11 is 12.3. The third kappa shape index (κ3) is 1.76. The van der Waals surface area contributed by atoms with Crippen LogP contribution in [0.5, 0.6) is 5.88 Å². The summed E-state index contributed by atoms with van der Waals surface area (Å²) in [6.07, 6.45) is 0. The number of methoxy groups -OCH3 is 1. The van der Waals surface area contributed by atoms with Crippen molar-refractivity contribution in [2.24, 2.45) is 0 Å². The van der Waals surface area contributed by atoms with E-state index in [2.05, 4.69) is 9.97 Å². The molecule has 0 saturated carbocycles. The van der Waals surface area contributed by atoms with E-state index in [9.17, 15) is 0 Å². The molecule has 0 N–H and O–H groups in total. The van der Waals surface area contributed by atoms with Crippen molar-refractivity contribution in [1.29, 1.82) is 0 Å². The molecule has 90 valence electrons. The molecule has 0 atom stereocenters. The van der Waals surface area contributed by atoms with Crippen LogP contribution in [0.4, 0.5) is 0 Å². The van der Waals surface area contributed by atoms with Gasteiger partial charge in [-0.1, -0.05) is 23.2 Å². The van der Waals surface area contributed by atoms with E-state index < -0.39 is 0 Å². The van der Waals surface area contributed by atoms with Crippen molar-refractivity contribution in [3.8, 4) is 5.88 Å². The molecular weight excluding hydrogens is 271 g/mol. The van der Waals surface area contributed by atoms with Crippen LogP contribution in [0.25, 0.3) is 21.9 Å². The number of hydrogen-bond donors (Lipinski definition) is 0. The monoisotopic (exact) mass is 278 g/mol. The molecule has 0 aliphatic heterocycles. The lowest BCUT2D eigenvalue weighted by Gasteiger charge is -2.06. The number of nitrogens with zero attached hydrogens (tertiary/aromatic N) is 2. The Kier molecular flexibility index (Phi) is 2.73. The summed E-state index contributed by atoms with van der Waals surface area (Å²) in [4.78, 5) is 8.81. The molecule has 0 unspecified atom stereocenters. The van der Waals surface area contributed by atoms with E-state index in [4.69, 9.17) is 27.9 Å². The lowest BCUT2D eigenvalue weighted by atomic mass is 10.2. The second-order valence-electron chi connectivity index (χ2n) is 3.81. The Morgan fingerprint density at radius 3 is 2.56 bits per heavy atom. The minimum Gasteiger partial charge on any atom is -0.481 e. The third-order valence-electron chi connectivity index (χ3n) is 2.70. The second kappa shape index (κ2) is 4.26. The zero-order valence-corrected chi connectivity index (χ0v) is 11.0. The maximum absolute atomic E-state index is 6.36. The summed E-state index contributed by atoms with van der Waals surface area (Å²) in [5.74, 6) is 0.507. The quantitative estimate of drug-likeness (QED) is 0.629. The lowest BCUT2D eigenvalue weighted by Crippen LogP contribution is -1.91. The average molecular weight is 279 g/mol. The summed E-state index contributed by atoms with van der Waals surface area (Å²) in [6, 6.07) is 9.00. The SMILES string of the molecule is COc1ccc2nc3ccc(Cl)cc3c(Cl)c2n1. The van der Waals surface area contributed by atoms with Crippen LogP contribution in [0.15, 0.2) is 30.3 Å². The van der Waals surface area contributed by atoms with Gasteiger partial charge in [-0.15, -0.1) is 0 Å². The molecule has 18 heavy (non-hydrogen) atoms. The van der Waals surface area contributed by atoms with Crippen LogP contribution in [0.3, 0.4) is 0 Å².